The van der Waals surface area contributed by atoms with Crippen molar-refractivity contribution in [3.05, 3.63) is 18.7 Å². The van der Waals surface area contributed by atoms with Gasteiger partial charge in [-0.25, -0.2) is 9.13 Å². The molecule has 11 heavy (non-hydrogen) atoms. The zero-order valence-electron chi connectivity index (χ0n) is 6.73. The molecule has 0 fully saturated rings. The van der Waals surface area contributed by atoms with Gasteiger partial charge in [-0.05, 0) is 6.42 Å². The molecule has 0 saturated heterocycles. The first-order valence-corrected chi connectivity index (χ1v) is 3.77. The second-order valence-corrected chi connectivity index (χ2v) is 2.63. The van der Waals surface area contributed by atoms with Crippen molar-refractivity contribution in [2.75, 3.05) is 0 Å². The number of nitrogens with zero attached hydrogens (tertiary/aromatic N) is 2. The molecule has 0 atom stereocenters. The lowest BCUT2D eigenvalue weighted by Crippen LogP contribution is -2.30. The maximum Gasteiger partial charge on any atom is 0.243 e. The highest BCUT2D eigenvalue weighted by Crippen LogP contribution is 1.84. The van der Waals surface area contributed by atoms with E-state index in [0.29, 0.717) is 6.42 Å². The summed E-state index contributed by atoms with van der Waals surface area (Å²) in [5.74, 6) is 0. The summed E-state index contributed by atoms with van der Waals surface area (Å²) in [6.07, 6.45) is 8.54. The zero-order chi connectivity index (χ0) is 8.10. The average Bonchev–Trinajstić information content (AvgIpc) is 2.37. The van der Waals surface area contributed by atoms with Crippen molar-refractivity contribution >= 4 is 6.29 Å². The summed E-state index contributed by atoms with van der Waals surface area (Å²) < 4.78 is 4.06. The van der Waals surface area contributed by atoms with Gasteiger partial charge in [0.15, 0.2) is 0 Å². The van der Waals surface area contributed by atoms with E-state index in [1.165, 1.54) is 0 Å². The second-order valence-electron chi connectivity index (χ2n) is 2.63. The number of aromatic nitrogens is 2. The van der Waals surface area contributed by atoms with Gasteiger partial charge in [0.2, 0.25) is 6.33 Å². The molecule has 1 aromatic rings. The Morgan fingerprint density at radius 3 is 3.00 bits per heavy atom. The maximum atomic E-state index is 9.99. The van der Waals surface area contributed by atoms with Crippen LogP contribution in [-0.2, 0) is 18.4 Å². The number of aryl methyl sites for hydroxylation is 2. The SMILES string of the molecule is Cn1cc[n+](CCCC=O)c1. The molecule has 1 rings (SSSR count). The van der Waals surface area contributed by atoms with Crippen molar-refractivity contribution < 1.29 is 9.36 Å². The third kappa shape index (κ3) is 2.53. The van der Waals surface area contributed by atoms with Gasteiger partial charge in [0.25, 0.3) is 0 Å². The second kappa shape index (κ2) is 3.91. The first kappa shape index (κ1) is 7.98. The molecule has 0 aliphatic rings. The molecule has 1 aromatic heterocycles. The lowest BCUT2D eigenvalue weighted by molar-refractivity contribution is -0.696. The molecule has 0 spiro atoms. The van der Waals surface area contributed by atoms with Crippen LogP contribution >= 0.6 is 0 Å². The fourth-order valence-electron chi connectivity index (χ4n) is 0.991. The highest BCUT2D eigenvalue weighted by Gasteiger charge is 1.97. The van der Waals surface area contributed by atoms with Gasteiger partial charge in [0.05, 0.1) is 13.6 Å². The Labute approximate surface area is 66.3 Å². The van der Waals surface area contributed by atoms with Crippen LogP contribution in [0.2, 0.25) is 0 Å². The van der Waals surface area contributed by atoms with E-state index in [1.54, 1.807) is 0 Å². The van der Waals surface area contributed by atoms with E-state index < -0.39 is 0 Å². The minimum Gasteiger partial charge on any atom is -0.303 e. The summed E-state index contributed by atoms with van der Waals surface area (Å²) in [4.78, 5) is 9.99. The molecule has 1 heterocycles. The van der Waals surface area contributed by atoms with Crippen LogP contribution in [-0.4, -0.2) is 10.9 Å². The highest BCUT2D eigenvalue weighted by molar-refractivity contribution is 5.48. The van der Waals surface area contributed by atoms with E-state index in [0.717, 1.165) is 19.3 Å². The summed E-state index contributed by atoms with van der Waals surface area (Å²) in [7, 11) is 1.98. The van der Waals surface area contributed by atoms with Crippen molar-refractivity contribution in [1.29, 1.82) is 0 Å². The first-order chi connectivity index (χ1) is 5.33. The molecular formula is C8H13N2O+. The quantitative estimate of drug-likeness (QED) is 0.347. The number of unbranched alkanes of at least 4 members (excludes halogenated alkanes) is 1. The zero-order valence-corrected chi connectivity index (χ0v) is 6.73. The smallest absolute Gasteiger partial charge is 0.243 e. The van der Waals surface area contributed by atoms with Crippen molar-refractivity contribution in [3.63, 3.8) is 0 Å². The molecule has 0 unspecified atom stereocenters. The fraction of sp³-hybridized carbons (Fsp3) is 0.500. The third-order valence-corrected chi connectivity index (χ3v) is 1.56. The molecule has 0 aromatic carbocycles. The molecule has 60 valence electrons. The van der Waals surface area contributed by atoms with Gasteiger partial charge in [0.1, 0.15) is 18.7 Å². The van der Waals surface area contributed by atoms with Gasteiger partial charge in [-0.3, -0.25) is 0 Å². The van der Waals surface area contributed by atoms with E-state index >= 15 is 0 Å². The number of aldehydes is 1. The largest absolute Gasteiger partial charge is 0.303 e. The van der Waals surface area contributed by atoms with Crippen LogP contribution in [0.3, 0.4) is 0 Å². The minimum atomic E-state index is 0.655. The van der Waals surface area contributed by atoms with Crippen LogP contribution in [0.25, 0.3) is 0 Å². The van der Waals surface area contributed by atoms with Crippen LogP contribution in [0.1, 0.15) is 12.8 Å². The van der Waals surface area contributed by atoms with E-state index in [4.69, 9.17) is 0 Å². The molecule has 3 nitrogen and oxygen atoms in total. The Morgan fingerprint density at radius 1 is 1.64 bits per heavy atom. The molecule has 0 saturated carbocycles. The third-order valence-electron chi connectivity index (χ3n) is 1.56. The van der Waals surface area contributed by atoms with Crippen molar-refractivity contribution in [2.24, 2.45) is 7.05 Å². The Kier molecular flexibility index (Phi) is 2.83. The van der Waals surface area contributed by atoms with Gasteiger partial charge in [-0.15, -0.1) is 0 Å². The molecule has 0 N–H and O–H groups in total. The Balaban J connectivity index is 2.32. The molecule has 0 aliphatic carbocycles. The summed E-state index contributed by atoms with van der Waals surface area (Å²) in [6, 6.07) is 0. The number of imidazole rings is 1. The topological polar surface area (TPSA) is 25.9 Å². The number of carbonyl (C=O) groups is 1. The molecule has 0 bridgehead atoms. The van der Waals surface area contributed by atoms with Gasteiger partial charge in [-0.2, -0.15) is 0 Å². The number of hydrogen-bond donors (Lipinski definition) is 0. The van der Waals surface area contributed by atoms with E-state index in [1.807, 2.05) is 30.3 Å². The van der Waals surface area contributed by atoms with Gasteiger partial charge in [0, 0.05) is 6.42 Å². The standard InChI is InChI=1S/C8H13N2O/c1-9-5-6-10(8-9)4-2-3-7-11/h5-8H,2-4H2,1H3/q+1. The van der Waals surface area contributed by atoms with Crippen molar-refractivity contribution in [3.8, 4) is 0 Å². The molecule has 3 heteroatoms. The van der Waals surface area contributed by atoms with Gasteiger partial charge in [-0.1, -0.05) is 0 Å². The highest BCUT2D eigenvalue weighted by atomic mass is 16.1. The number of rotatable bonds is 4. The van der Waals surface area contributed by atoms with Gasteiger partial charge >= 0.3 is 0 Å². The molecule has 0 aliphatic heterocycles. The summed E-state index contributed by atoms with van der Waals surface area (Å²) in [6.45, 7) is 0.930. The Bertz CT molecular complexity index is 230. The van der Waals surface area contributed by atoms with Crippen LogP contribution in [0.4, 0.5) is 0 Å². The number of hydrogen-bond acceptors (Lipinski definition) is 1. The van der Waals surface area contributed by atoms with Gasteiger partial charge < -0.3 is 4.79 Å². The fourth-order valence-corrected chi connectivity index (χ4v) is 0.991. The summed E-state index contributed by atoms with van der Waals surface area (Å²) in [5, 5.41) is 0. The van der Waals surface area contributed by atoms with E-state index in [-0.39, 0.29) is 0 Å². The molecular weight excluding hydrogens is 140 g/mol. The van der Waals surface area contributed by atoms with E-state index in [2.05, 4.69) is 4.57 Å². The lowest BCUT2D eigenvalue weighted by Gasteiger charge is -1.90. The van der Waals surface area contributed by atoms with Crippen LogP contribution in [0.15, 0.2) is 18.7 Å². The minimum absolute atomic E-state index is 0.655. The Morgan fingerprint density at radius 2 is 2.45 bits per heavy atom. The normalized spacial score (nSPS) is 9.91. The predicted octanol–water partition coefficient (Wildman–Crippen LogP) is 0.292. The van der Waals surface area contributed by atoms with Crippen molar-refractivity contribution in [1.82, 2.24) is 4.57 Å². The summed E-state index contributed by atoms with van der Waals surface area (Å²) in [5.41, 5.74) is 0. The average molecular weight is 153 g/mol. The van der Waals surface area contributed by atoms with E-state index in [9.17, 15) is 4.79 Å². The summed E-state index contributed by atoms with van der Waals surface area (Å²) >= 11 is 0. The predicted molar refractivity (Wildman–Crippen MR) is 40.9 cm³/mol. The number of carbonyl (C=O) groups excluding carboxylic acids is 1. The Hall–Kier alpha value is -1.12. The lowest BCUT2D eigenvalue weighted by atomic mass is 10.3. The molecule has 0 radical (unpaired) electrons. The van der Waals surface area contributed by atoms with Crippen LogP contribution in [0.5, 0.6) is 0 Å². The van der Waals surface area contributed by atoms with Crippen molar-refractivity contribution in [2.45, 2.75) is 19.4 Å². The monoisotopic (exact) mass is 153 g/mol. The van der Waals surface area contributed by atoms with Crippen LogP contribution in [0, 0.1) is 0 Å². The van der Waals surface area contributed by atoms with Crippen LogP contribution < -0.4 is 4.57 Å². The first-order valence-electron chi connectivity index (χ1n) is 3.77. The molecule has 0 amide bonds. The maximum absolute atomic E-state index is 9.99.